The molecule has 0 aliphatic heterocycles. The van der Waals surface area contributed by atoms with Gasteiger partial charge in [0.2, 0.25) is 0 Å². The van der Waals surface area contributed by atoms with Crippen molar-refractivity contribution >= 4 is 27.7 Å². The highest BCUT2D eigenvalue weighted by atomic mass is 79.9. The van der Waals surface area contributed by atoms with Crippen LogP contribution >= 0.6 is 27.7 Å². The molecule has 0 radical (unpaired) electrons. The molecule has 0 N–H and O–H groups in total. The highest BCUT2D eigenvalue weighted by Crippen LogP contribution is 2.25. The normalized spacial score (nSPS) is 10.9. The average molecular weight is 277 g/mol. The average Bonchev–Trinajstić information content (AvgIpc) is 2.12. The van der Waals surface area contributed by atoms with E-state index in [0.29, 0.717) is 10.4 Å². The summed E-state index contributed by atoms with van der Waals surface area (Å²) in [5.41, 5.74) is 1.04. The fourth-order valence-corrected chi connectivity index (χ4v) is 2.70. The molecule has 0 nitrogen and oxygen atoms in total. The lowest BCUT2D eigenvalue weighted by Crippen LogP contribution is -1.93. The molecular formula is C11H14BrFS. The Labute approximate surface area is 97.4 Å². The first-order valence-electron chi connectivity index (χ1n) is 4.62. The van der Waals surface area contributed by atoms with E-state index in [0.717, 1.165) is 17.1 Å². The molecule has 78 valence electrons. The van der Waals surface area contributed by atoms with Gasteiger partial charge in [0.25, 0.3) is 0 Å². The SMILES string of the molecule is CC(C)CSCc1cccc(F)c1Br. The van der Waals surface area contributed by atoms with Crippen LogP contribution in [0.5, 0.6) is 0 Å². The molecule has 1 aromatic rings. The second kappa shape index (κ2) is 5.76. The number of hydrogen-bond acceptors (Lipinski definition) is 1. The van der Waals surface area contributed by atoms with E-state index in [2.05, 4.69) is 29.8 Å². The molecule has 3 heteroatoms. The fraction of sp³-hybridized carbons (Fsp3) is 0.455. The molecule has 0 aromatic heterocycles. The minimum Gasteiger partial charge on any atom is -0.206 e. The van der Waals surface area contributed by atoms with Gasteiger partial charge in [0.1, 0.15) is 5.82 Å². The van der Waals surface area contributed by atoms with Gasteiger partial charge in [-0.25, -0.2) is 4.39 Å². The van der Waals surface area contributed by atoms with Crippen molar-refractivity contribution in [2.24, 2.45) is 5.92 Å². The summed E-state index contributed by atoms with van der Waals surface area (Å²) in [6, 6.07) is 5.19. The van der Waals surface area contributed by atoms with E-state index in [1.54, 1.807) is 6.07 Å². The molecule has 0 spiro atoms. The number of halogens is 2. The Morgan fingerprint density at radius 3 is 2.79 bits per heavy atom. The molecule has 0 fully saturated rings. The lowest BCUT2D eigenvalue weighted by Gasteiger charge is -2.06. The summed E-state index contributed by atoms with van der Waals surface area (Å²) in [6.45, 7) is 4.38. The zero-order valence-corrected chi connectivity index (χ0v) is 10.8. The van der Waals surface area contributed by atoms with E-state index in [9.17, 15) is 4.39 Å². The second-order valence-corrected chi connectivity index (χ2v) is 5.45. The van der Waals surface area contributed by atoms with Gasteiger partial charge in [-0.15, -0.1) is 0 Å². The topological polar surface area (TPSA) is 0 Å². The summed E-state index contributed by atoms with van der Waals surface area (Å²) >= 11 is 5.10. The third-order valence-corrected chi connectivity index (χ3v) is 4.05. The van der Waals surface area contributed by atoms with Gasteiger partial charge in [-0.3, -0.25) is 0 Å². The van der Waals surface area contributed by atoms with Crippen LogP contribution in [-0.4, -0.2) is 5.75 Å². The van der Waals surface area contributed by atoms with Crippen molar-refractivity contribution in [1.29, 1.82) is 0 Å². The molecule has 1 rings (SSSR count). The summed E-state index contributed by atoms with van der Waals surface area (Å²) < 4.78 is 13.7. The Morgan fingerprint density at radius 1 is 1.43 bits per heavy atom. The largest absolute Gasteiger partial charge is 0.206 e. The summed E-state index contributed by atoms with van der Waals surface area (Å²) in [5, 5.41) is 0. The van der Waals surface area contributed by atoms with Crippen molar-refractivity contribution in [3.05, 3.63) is 34.1 Å². The Kier molecular flexibility index (Phi) is 4.96. The standard InChI is InChI=1S/C11H14BrFS/c1-8(2)6-14-7-9-4-3-5-10(13)11(9)12/h3-5,8H,6-7H2,1-2H3. The molecule has 0 saturated carbocycles. The van der Waals surface area contributed by atoms with Crippen LogP contribution in [-0.2, 0) is 5.75 Å². The van der Waals surface area contributed by atoms with E-state index < -0.39 is 0 Å². The van der Waals surface area contributed by atoms with Crippen molar-refractivity contribution in [3.8, 4) is 0 Å². The summed E-state index contributed by atoms with van der Waals surface area (Å²) in [7, 11) is 0. The first kappa shape index (κ1) is 12.1. The third-order valence-electron chi connectivity index (χ3n) is 1.74. The van der Waals surface area contributed by atoms with Crippen molar-refractivity contribution in [1.82, 2.24) is 0 Å². The third kappa shape index (κ3) is 3.62. The molecule has 0 aliphatic rings. The highest BCUT2D eigenvalue weighted by molar-refractivity contribution is 9.10. The summed E-state index contributed by atoms with van der Waals surface area (Å²) in [6.07, 6.45) is 0. The lowest BCUT2D eigenvalue weighted by molar-refractivity contribution is 0.619. The van der Waals surface area contributed by atoms with Crippen LogP contribution in [0, 0.1) is 11.7 Å². The van der Waals surface area contributed by atoms with Crippen LogP contribution in [0.3, 0.4) is 0 Å². The van der Waals surface area contributed by atoms with Gasteiger partial charge < -0.3 is 0 Å². The van der Waals surface area contributed by atoms with Crippen molar-refractivity contribution in [2.75, 3.05) is 5.75 Å². The smallest absolute Gasteiger partial charge is 0.137 e. The summed E-state index contributed by atoms with van der Waals surface area (Å²) in [5.74, 6) is 2.50. The van der Waals surface area contributed by atoms with Gasteiger partial charge >= 0.3 is 0 Å². The number of thioether (sulfide) groups is 1. The molecule has 0 heterocycles. The van der Waals surface area contributed by atoms with Crippen LogP contribution in [0.4, 0.5) is 4.39 Å². The predicted molar refractivity (Wildman–Crippen MR) is 65.1 cm³/mol. The number of rotatable bonds is 4. The predicted octanol–water partition coefficient (Wildman–Crippen LogP) is 4.48. The van der Waals surface area contributed by atoms with Crippen LogP contribution in [0.25, 0.3) is 0 Å². The second-order valence-electron chi connectivity index (χ2n) is 3.62. The van der Waals surface area contributed by atoms with Crippen LogP contribution in [0.15, 0.2) is 22.7 Å². The zero-order chi connectivity index (χ0) is 10.6. The maximum Gasteiger partial charge on any atom is 0.137 e. The van der Waals surface area contributed by atoms with Crippen molar-refractivity contribution in [2.45, 2.75) is 19.6 Å². The lowest BCUT2D eigenvalue weighted by atomic mass is 10.2. The fourth-order valence-electron chi connectivity index (χ4n) is 1.06. The highest BCUT2D eigenvalue weighted by Gasteiger charge is 2.05. The first-order chi connectivity index (χ1) is 6.61. The van der Waals surface area contributed by atoms with Crippen molar-refractivity contribution < 1.29 is 4.39 Å². The molecule has 0 saturated heterocycles. The van der Waals surface area contributed by atoms with E-state index in [4.69, 9.17) is 0 Å². The van der Waals surface area contributed by atoms with Gasteiger partial charge in [0.15, 0.2) is 0 Å². The molecule has 0 unspecified atom stereocenters. The Hall–Kier alpha value is -0.0200. The molecule has 0 bridgehead atoms. The van der Waals surface area contributed by atoms with Gasteiger partial charge in [-0.2, -0.15) is 11.8 Å². The molecule has 0 amide bonds. The minimum atomic E-state index is -0.173. The van der Waals surface area contributed by atoms with E-state index in [-0.39, 0.29) is 5.82 Å². The maximum atomic E-state index is 13.1. The number of hydrogen-bond donors (Lipinski definition) is 0. The monoisotopic (exact) mass is 276 g/mol. The van der Waals surface area contributed by atoms with Crippen LogP contribution in [0.1, 0.15) is 19.4 Å². The van der Waals surface area contributed by atoms with E-state index in [1.165, 1.54) is 6.07 Å². The summed E-state index contributed by atoms with van der Waals surface area (Å²) in [4.78, 5) is 0. The molecule has 0 aliphatic carbocycles. The Morgan fingerprint density at radius 2 is 2.14 bits per heavy atom. The van der Waals surface area contributed by atoms with Gasteiger partial charge in [0.05, 0.1) is 4.47 Å². The maximum absolute atomic E-state index is 13.1. The zero-order valence-electron chi connectivity index (χ0n) is 8.39. The van der Waals surface area contributed by atoms with Crippen molar-refractivity contribution in [3.63, 3.8) is 0 Å². The molecular weight excluding hydrogens is 263 g/mol. The minimum absolute atomic E-state index is 0.173. The quantitative estimate of drug-likeness (QED) is 0.782. The molecule has 1 aromatic carbocycles. The van der Waals surface area contributed by atoms with E-state index >= 15 is 0 Å². The van der Waals surface area contributed by atoms with Gasteiger partial charge in [0, 0.05) is 5.75 Å². The van der Waals surface area contributed by atoms with Gasteiger partial charge in [-0.05, 0) is 39.2 Å². The molecule has 14 heavy (non-hydrogen) atoms. The Bertz CT molecular complexity index is 299. The first-order valence-corrected chi connectivity index (χ1v) is 6.56. The van der Waals surface area contributed by atoms with Gasteiger partial charge in [-0.1, -0.05) is 26.0 Å². The van der Waals surface area contributed by atoms with Crippen LogP contribution < -0.4 is 0 Å². The Balaban J connectivity index is 2.54. The van der Waals surface area contributed by atoms with Crippen LogP contribution in [0.2, 0.25) is 0 Å². The number of benzene rings is 1. The molecule has 0 atom stereocenters. The van der Waals surface area contributed by atoms with E-state index in [1.807, 2.05) is 17.8 Å².